The highest BCUT2D eigenvalue weighted by Crippen LogP contribution is 2.26. The van der Waals surface area contributed by atoms with E-state index < -0.39 is 0 Å². The van der Waals surface area contributed by atoms with Gasteiger partial charge in [-0.1, -0.05) is 42.5 Å². The SMILES string of the molecule is N/C=C\C(=C/N)c1ccc(CNc2ncnc3cc(-c4ccccc4)ccc23)cn1. The molecule has 0 amide bonds. The van der Waals surface area contributed by atoms with Crippen molar-refractivity contribution in [2.45, 2.75) is 6.54 Å². The van der Waals surface area contributed by atoms with E-state index in [1.807, 2.05) is 36.5 Å². The normalized spacial score (nSPS) is 11.8. The molecular formula is C24H22N6. The molecule has 0 saturated carbocycles. The third-order valence-corrected chi connectivity index (χ3v) is 4.78. The minimum absolute atomic E-state index is 0.591. The van der Waals surface area contributed by atoms with Crippen molar-refractivity contribution in [1.29, 1.82) is 0 Å². The minimum Gasteiger partial charge on any atom is -0.405 e. The van der Waals surface area contributed by atoms with Crippen molar-refractivity contribution in [3.05, 3.63) is 103 Å². The Labute approximate surface area is 175 Å². The number of nitrogens with one attached hydrogen (secondary N) is 1. The molecule has 0 spiro atoms. The molecule has 2 heterocycles. The van der Waals surface area contributed by atoms with Crippen LogP contribution in [-0.2, 0) is 6.54 Å². The topological polar surface area (TPSA) is 103 Å². The van der Waals surface area contributed by atoms with Gasteiger partial charge in [0, 0.05) is 29.9 Å². The van der Waals surface area contributed by atoms with Gasteiger partial charge in [-0.15, -0.1) is 0 Å². The van der Waals surface area contributed by atoms with Crippen molar-refractivity contribution in [2.24, 2.45) is 11.5 Å². The number of fused-ring (bicyclic) bond motifs is 1. The van der Waals surface area contributed by atoms with Crippen molar-refractivity contribution in [3.63, 3.8) is 0 Å². The van der Waals surface area contributed by atoms with Gasteiger partial charge in [0.2, 0.25) is 0 Å². The van der Waals surface area contributed by atoms with E-state index >= 15 is 0 Å². The molecule has 0 aliphatic carbocycles. The third-order valence-electron chi connectivity index (χ3n) is 4.78. The van der Waals surface area contributed by atoms with Crippen molar-refractivity contribution in [1.82, 2.24) is 15.0 Å². The van der Waals surface area contributed by atoms with Crippen molar-refractivity contribution in [2.75, 3.05) is 5.32 Å². The molecule has 0 aliphatic heterocycles. The molecule has 0 atom stereocenters. The second kappa shape index (κ2) is 8.87. The zero-order chi connectivity index (χ0) is 20.8. The molecule has 4 aromatic rings. The summed E-state index contributed by atoms with van der Waals surface area (Å²) in [6.45, 7) is 0.591. The van der Waals surface area contributed by atoms with Gasteiger partial charge in [-0.25, -0.2) is 9.97 Å². The standard InChI is InChI=1S/C24H22N6/c25-11-10-20(13-26)22-9-6-17(14-27-22)15-28-24-21-8-7-19(12-23(21)29-16-30-24)18-4-2-1-3-5-18/h1-14,16H,15,25-26H2,(H,28,29,30)/b11-10-,20-13+. The summed E-state index contributed by atoms with van der Waals surface area (Å²) in [6.07, 6.45) is 8.04. The summed E-state index contributed by atoms with van der Waals surface area (Å²) in [5.74, 6) is 0.789. The Morgan fingerprint density at radius 2 is 1.77 bits per heavy atom. The molecule has 0 saturated heterocycles. The molecule has 6 heteroatoms. The van der Waals surface area contributed by atoms with Crippen LogP contribution in [0.15, 0.2) is 91.7 Å². The Balaban J connectivity index is 1.53. The maximum Gasteiger partial charge on any atom is 0.137 e. The summed E-state index contributed by atoms with van der Waals surface area (Å²) in [7, 11) is 0. The van der Waals surface area contributed by atoms with E-state index in [0.717, 1.165) is 44.7 Å². The van der Waals surface area contributed by atoms with Crippen LogP contribution in [0.2, 0.25) is 0 Å². The van der Waals surface area contributed by atoms with E-state index in [4.69, 9.17) is 11.5 Å². The first-order valence-corrected chi connectivity index (χ1v) is 9.58. The molecule has 0 fully saturated rings. The van der Waals surface area contributed by atoms with Crippen LogP contribution in [0.3, 0.4) is 0 Å². The van der Waals surface area contributed by atoms with E-state index in [9.17, 15) is 0 Å². The zero-order valence-corrected chi connectivity index (χ0v) is 16.4. The van der Waals surface area contributed by atoms with Crippen LogP contribution in [-0.4, -0.2) is 15.0 Å². The maximum absolute atomic E-state index is 5.63. The van der Waals surface area contributed by atoms with Crippen LogP contribution in [0.1, 0.15) is 11.3 Å². The first-order chi connectivity index (χ1) is 14.8. The van der Waals surface area contributed by atoms with Crippen LogP contribution < -0.4 is 16.8 Å². The highest BCUT2D eigenvalue weighted by atomic mass is 15.0. The number of hydrogen-bond donors (Lipinski definition) is 3. The monoisotopic (exact) mass is 394 g/mol. The fraction of sp³-hybridized carbons (Fsp3) is 0.0417. The van der Waals surface area contributed by atoms with Gasteiger partial charge in [0.15, 0.2) is 0 Å². The highest BCUT2D eigenvalue weighted by molar-refractivity contribution is 5.91. The fourth-order valence-corrected chi connectivity index (χ4v) is 3.22. The molecule has 30 heavy (non-hydrogen) atoms. The van der Waals surface area contributed by atoms with Gasteiger partial charge in [-0.3, -0.25) is 4.98 Å². The van der Waals surface area contributed by atoms with Crippen molar-refractivity contribution < 1.29 is 0 Å². The van der Waals surface area contributed by atoms with Gasteiger partial charge < -0.3 is 16.8 Å². The number of rotatable bonds is 6. The lowest BCUT2D eigenvalue weighted by molar-refractivity contribution is 1.08. The van der Waals surface area contributed by atoms with Crippen molar-refractivity contribution >= 4 is 22.3 Å². The van der Waals surface area contributed by atoms with Crippen LogP contribution in [0.4, 0.5) is 5.82 Å². The number of aromatic nitrogens is 3. The van der Waals surface area contributed by atoms with Gasteiger partial charge in [-0.2, -0.15) is 0 Å². The van der Waals surface area contributed by atoms with Crippen LogP contribution >= 0.6 is 0 Å². The summed E-state index contributed by atoms with van der Waals surface area (Å²) < 4.78 is 0. The van der Waals surface area contributed by atoms with Gasteiger partial charge in [0.25, 0.3) is 0 Å². The smallest absolute Gasteiger partial charge is 0.137 e. The number of pyridine rings is 1. The van der Waals surface area contributed by atoms with Crippen molar-refractivity contribution in [3.8, 4) is 11.1 Å². The lowest BCUT2D eigenvalue weighted by atomic mass is 10.0. The Bertz CT molecular complexity index is 1200. The number of anilines is 1. The number of allylic oxidation sites excluding steroid dienone is 2. The average molecular weight is 394 g/mol. The number of benzene rings is 2. The molecule has 148 valence electrons. The summed E-state index contributed by atoms with van der Waals surface area (Å²) >= 11 is 0. The Kier molecular flexibility index (Phi) is 5.66. The van der Waals surface area contributed by atoms with Crippen LogP contribution in [0, 0.1) is 0 Å². The quantitative estimate of drug-likeness (QED) is 0.426. The second-order valence-electron chi connectivity index (χ2n) is 6.71. The summed E-state index contributed by atoms with van der Waals surface area (Å²) in [6, 6.07) is 20.4. The van der Waals surface area contributed by atoms with Gasteiger partial charge in [-0.05, 0) is 47.2 Å². The van der Waals surface area contributed by atoms with Crippen LogP contribution in [0.25, 0.3) is 27.6 Å². The summed E-state index contributed by atoms with van der Waals surface area (Å²) in [5.41, 5.74) is 16.8. The molecule has 0 bridgehead atoms. The van der Waals surface area contributed by atoms with E-state index in [0.29, 0.717) is 6.54 Å². The minimum atomic E-state index is 0.591. The Morgan fingerprint density at radius 3 is 2.50 bits per heavy atom. The predicted octanol–water partition coefficient (Wildman–Crippen LogP) is 4.08. The Hall–Kier alpha value is -4.19. The molecule has 4 rings (SSSR count). The number of hydrogen-bond acceptors (Lipinski definition) is 6. The van der Waals surface area contributed by atoms with E-state index in [1.54, 1.807) is 12.4 Å². The number of nitrogens with two attached hydrogens (primary N) is 2. The molecular weight excluding hydrogens is 372 g/mol. The molecule has 0 aliphatic rings. The first kappa shape index (κ1) is 19.1. The fourth-order valence-electron chi connectivity index (χ4n) is 3.22. The van der Waals surface area contributed by atoms with Gasteiger partial charge in [0.05, 0.1) is 11.2 Å². The van der Waals surface area contributed by atoms with E-state index in [2.05, 4.69) is 50.6 Å². The average Bonchev–Trinajstić information content (AvgIpc) is 2.82. The molecule has 0 unspecified atom stereocenters. The summed E-state index contributed by atoms with van der Waals surface area (Å²) in [4.78, 5) is 13.3. The summed E-state index contributed by atoms with van der Waals surface area (Å²) in [5, 5.41) is 4.36. The zero-order valence-electron chi connectivity index (χ0n) is 16.4. The lowest BCUT2D eigenvalue weighted by Gasteiger charge is -2.10. The Morgan fingerprint density at radius 1 is 0.900 bits per heavy atom. The predicted molar refractivity (Wildman–Crippen MR) is 122 cm³/mol. The third kappa shape index (κ3) is 4.12. The first-order valence-electron chi connectivity index (χ1n) is 9.58. The van der Waals surface area contributed by atoms with E-state index in [1.165, 1.54) is 12.4 Å². The highest BCUT2D eigenvalue weighted by Gasteiger charge is 2.06. The van der Waals surface area contributed by atoms with Gasteiger partial charge in [0.1, 0.15) is 12.1 Å². The molecule has 2 aromatic carbocycles. The van der Waals surface area contributed by atoms with Crippen LogP contribution in [0.5, 0.6) is 0 Å². The largest absolute Gasteiger partial charge is 0.405 e. The lowest BCUT2D eigenvalue weighted by Crippen LogP contribution is -2.03. The molecule has 5 N–H and O–H groups in total. The number of nitrogens with zero attached hydrogens (tertiary/aromatic N) is 3. The molecule has 6 nitrogen and oxygen atoms in total. The second-order valence-corrected chi connectivity index (χ2v) is 6.71. The molecule has 0 radical (unpaired) electrons. The van der Waals surface area contributed by atoms with Gasteiger partial charge >= 0.3 is 0 Å². The van der Waals surface area contributed by atoms with E-state index in [-0.39, 0.29) is 0 Å². The maximum atomic E-state index is 5.63. The molecule has 2 aromatic heterocycles.